The zero-order valence-electron chi connectivity index (χ0n) is 23.9. The van der Waals surface area contributed by atoms with E-state index < -0.39 is 31.2 Å². The molecule has 1 heterocycles. The Kier molecular flexibility index (Phi) is 12.8. The third-order valence-corrected chi connectivity index (χ3v) is 179. The van der Waals surface area contributed by atoms with Gasteiger partial charge in [0.1, 0.15) is 0 Å². The molecule has 1 aliphatic heterocycles. The van der Waals surface area contributed by atoms with E-state index in [-0.39, 0.29) is 0 Å². The fourth-order valence-electron chi connectivity index (χ4n) is 9.27. The minimum atomic E-state index is -2.29. The van der Waals surface area contributed by atoms with Crippen LogP contribution in [-0.2, 0) is 0 Å². The van der Waals surface area contributed by atoms with Crippen LogP contribution in [0.3, 0.4) is 0 Å². The molecule has 5 fully saturated rings. The van der Waals surface area contributed by atoms with Crippen molar-refractivity contribution in [1.82, 2.24) is 0 Å². The van der Waals surface area contributed by atoms with Gasteiger partial charge >= 0.3 is 239 Å². The first kappa shape index (κ1) is 29.8. The molecule has 208 valence electrons. The van der Waals surface area contributed by atoms with Crippen LogP contribution in [0.5, 0.6) is 0 Å². The van der Waals surface area contributed by atoms with Crippen LogP contribution in [0.2, 0.25) is 15.7 Å². The molecule has 5 rings (SSSR count). The van der Waals surface area contributed by atoms with E-state index in [0.29, 0.717) is 0 Å². The Hall–Kier alpha value is 2.30. The molecule has 0 spiro atoms. The summed E-state index contributed by atoms with van der Waals surface area (Å²) in [7, 11) is 0. The van der Waals surface area contributed by atoms with Crippen LogP contribution in [0.1, 0.15) is 180 Å². The van der Waals surface area contributed by atoms with Gasteiger partial charge < -0.3 is 0 Å². The van der Waals surface area contributed by atoms with E-state index in [1.165, 1.54) is 15.7 Å². The Morgan fingerprint density at radius 3 is 0.611 bits per heavy atom. The Morgan fingerprint density at radius 2 is 0.417 bits per heavy atom. The summed E-state index contributed by atoms with van der Waals surface area (Å²) in [6, 6.07) is 0. The molecule has 0 amide bonds. The Morgan fingerprint density at radius 1 is 0.250 bits per heavy atom. The van der Waals surface area contributed by atoms with E-state index >= 15 is 0 Å². The third kappa shape index (κ3) is 7.38. The quantitative estimate of drug-likeness (QED) is 0.263. The maximum atomic E-state index is 3.14. The molecule has 4 aliphatic carbocycles. The number of hydrogen-bond acceptors (Lipinski definition) is 2. The fraction of sp³-hybridized carbons (Fsp3) is 1.00. The Balaban J connectivity index is 1.44. The van der Waals surface area contributed by atoms with Crippen LogP contribution in [0.15, 0.2) is 0 Å². The van der Waals surface area contributed by atoms with Gasteiger partial charge in [0.25, 0.3) is 0 Å². The molecule has 1 saturated heterocycles. The van der Waals surface area contributed by atoms with Crippen molar-refractivity contribution in [2.24, 2.45) is 0 Å². The Bertz CT molecular complexity index is 502. The average molecular weight is 746 g/mol. The molecule has 0 aromatic heterocycles. The first-order chi connectivity index (χ1) is 17.8. The molecule has 5 aliphatic rings. The summed E-state index contributed by atoms with van der Waals surface area (Å²) in [5, 5.41) is 0. The summed E-state index contributed by atoms with van der Waals surface area (Å²) in [4.78, 5) is 0. The van der Waals surface area contributed by atoms with E-state index in [0.717, 1.165) is 0 Å². The summed E-state index contributed by atoms with van der Waals surface area (Å²) in [5.74, 6) is 0. The van der Waals surface area contributed by atoms with Gasteiger partial charge in [-0.1, -0.05) is 0 Å². The van der Waals surface area contributed by atoms with Gasteiger partial charge in [0.05, 0.1) is 0 Å². The van der Waals surface area contributed by atoms with Crippen LogP contribution >= 0.6 is 12.3 Å². The zero-order chi connectivity index (χ0) is 24.5. The minimum absolute atomic E-state index is 1.27. The van der Waals surface area contributed by atoms with Gasteiger partial charge in [-0.05, 0) is 0 Å². The van der Waals surface area contributed by atoms with Crippen LogP contribution in [0.25, 0.3) is 0 Å². The van der Waals surface area contributed by atoms with Crippen molar-refractivity contribution >= 4 is 43.5 Å². The number of rotatable bonds is 4. The summed E-state index contributed by atoms with van der Waals surface area (Å²) in [5.41, 5.74) is 0. The predicted octanol–water partition coefficient (Wildman–Crippen LogP) is 12.8. The van der Waals surface area contributed by atoms with E-state index in [1.807, 2.05) is 0 Å². The van der Waals surface area contributed by atoms with Crippen LogP contribution in [0, 0.1) is 0 Å². The first-order valence-electron chi connectivity index (χ1n) is 17.2. The van der Waals surface area contributed by atoms with Gasteiger partial charge in [-0.15, -0.1) is 0 Å². The van der Waals surface area contributed by atoms with Crippen LogP contribution < -0.4 is 0 Å². The van der Waals surface area contributed by atoms with E-state index in [1.54, 1.807) is 180 Å². The van der Waals surface area contributed by atoms with Gasteiger partial charge in [-0.2, -0.15) is 0 Å². The number of hydrogen-bond donors (Lipinski definition) is 0. The summed E-state index contributed by atoms with van der Waals surface area (Å²) >= 11 is -4.58. The van der Waals surface area contributed by atoms with Gasteiger partial charge in [0.2, 0.25) is 0 Å². The van der Waals surface area contributed by atoms with Gasteiger partial charge in [-0.3, -0.25) is 0 Å². The molecule has 0 bridgehead atoms. The van der Waals surface area contributed by atoms with Crippen molar-refractivity contribution in [3.8, 4) is 0 Å². The van der Waals surface area contributed by atoms with E-state index in [2.05, 4.69) is 12.3 Å². The van der Waals surface area contributed by atoms with Crippen molar-refractivity contribution in [2.75, 3.05) is 0 Å². The maximum absolute atomic E-state index is 3.14. The van der Waals surface area contributed by atoms with Crippen molar-refractivity contribution in [3.63, 3.8) is 0 Å². The van der Waals surface area contributed by atoms with Gasteiger partial charge in [0, 0.05) is 0 Å². The summed E-state index contributed by atoms with van der Waals surface area (Å²) in [6.45, 7) is 0. The molecule has 0 atom stereocenters. The standard InChI is InChI=1S/4C8H15.2S.2Sn/c4*1-2-4-6-8-7-5-3-1;;;;/h4*1H,2-8H2;;;;. The van der Waals surface area contributed by atoms with Crippen molar-refractivity contribution in [3.05, 3.63) is 0 Å². The molecule has 0 nitrogen and oxygen atoms in total. The molecule has 4 saturated carbocycles. The molecule has 0 N–H and O–H groups in total. The second kappa shape index (κ2) is 15.5. The van der Waals surface area contributed by atoms with E-state index in [4.69, 9.17) is 0 Å². The second-order valence-corrected chi connectivity index (χ2v) is 80.3. The fourth-order valence-corrected chi connectivity index (χ4v) is 260. The molecular weight excluding hydrogens is 686 g/mol. The average Bonchev–Trinajstić information content (AvgIpc) is 2.75. The molecule has 0 aromatic carbocycles. The second-order valence-electron chi connectivity index (χ2n) is 13.8. The van der Waals surface area contributed by atoms with Gasteiger partial charge in [-0.25, -0.2) is 0 Å². The topological polar surface area (TPSA) is 0 Å². The molecule has 4 heteroatoms. The van der Waals surface area contributed by atoms with E-state index in [9.17, 15) is 0 Å². The third-order valence-electron chi connectivity index (χ3n) is 11.3. The predicted molar refractivity (Wildman–Crippen MR) is 171 cm³/mol. The molecule has 0 aromatic rings. The van der Waals surface area contributed by atoms with Crippen LogP contribution in [-0.4, -0.2) is 31.2 Å². The normalized spacial score (nSPS) is 31.3. The molecule has 0 unspecified atom stereocenters. The molecule has 36 heavy (non-hydrogen) atoms. The molecular formula is C32H60S2Sn2. The first-order valence-corrected chi connectivity index (χ1v) is 39.4. The van der Waals surface area contributed by atoms with Crippen LogP contribution in [0.4, 0.5) is 0 Å². The van der Waals surface area contributed by atoms with Crippen molar-refractivity contribution in [1.29, 1.82) is 0 Å². The van der Waals surface area contributed by atoms with Crippen molar-refractivity contribution in [2.45, 2.75) is 196 Å². The molecule has 0 radical (unpaired) electrons. The Labute approximate surface area is 236 Å². The van der Waals surface area contributed by atoms with Gasteiger partial charge in [0.15, 0.2) is 0 Å². The monoisotopic (exact) mass is 748 g/mol. The summed E-state index contributed by atoms with van der Waals surface area (Å²) in [6.07, 6.45) is 51.3. The SMILES string of the molecule is C1CCC[CH]([Sn]2([CH]3CCCCCCC3)[S][Sn]([CH]3CCCCCCC3)([CH]3CCCCCCC3)[S]2)CCC1. The zero-order valence-corrected chi connectivity index (χ0v) is 31.3. The summed E-state index contributed by atoms with van der Waals surface area (Å²) < 4.78 is 5.08. The van der Waals surface area contributed by atoms with Crippen molar-refractivity contribution < 1.29 is 0 Å².